The van der Waals surface area contributed by atoms with E-state index in [2.05, 4.69) is 5.32 Å². The fourth-order valence-electron chi connectivity index (χ4n) is 1.41. The van der Waals surface area contributed by atoms with Gasteiger partial charge in [-0.1, -0.05) is 29.3 Å². The second-order valence-corrected chi connectivity index (χ2v) is 4.26. The van der Waals surface area contributed by atoms with Crippen LogP contribution in [0.5, 0.6) is 0 Å². The van der Waals surface area contributed by atoms with Crippen LogP contribution in [0, 0.1) is 12.7 Å². The standard InChI is InChI=1S/C12H14Cl2FN/c1-9-6-12(15)3-2-10(9)4-5-16-8-11(14)7-13/h2-3,6-7,16H,4-5,8H2,1H3. The Labute approximate surface area is 105 Å². The molecular formula is C12H14Cl2FN. The first-order valence-corrected chi connectivity index (χ1v) is 5.85. The van der Waals surface area contributed by atoms with Crippen LogP contribution in [0.25, 0.3) is 0 Å². The van der Waals surface area contributed by atoms with Crippen LogP contribution in [-0.2, 0) is 6.42 Å². The highest BCUT2D eigenvalue weighted by Crippen LogP contribution is 2.10. The first-order valence-electron chi connectivity index (χ1n) is 5.04. The highest BCUT2D eigenvalue weighted by Gasteiger charge is 2.00. The summed E-state index contributed by atoms with van der Waals surface area (Å²) in [7, 11) is 0. The molecule has 0 fully saturated rings. The number of hydrogen-bond acceptors (Lipinski definition) is 1. The Kier molecular flexibility index (Phi) is 5.81. The Morgan fingerprint density at radius 2 is 2.25 bits per heavy atom. The van der Waals surface area contributed by atoms with E-state index < -0.39 is 0 Å². The molecule has 0 saturated carbocycles. The quantitative estimate of drug-likeness (QED) is 0.800. The number of halogens is 3. The molecular weight excluding hydrogens is 248 g/mol. The Balaban J connectivity index is 2.37. The summed E-state index contributed by atoms with van der Waals surface area (Å²) in [6.07, 6.45) is 0.846. The summed E-state index contributed by atoms with van der Waals surface area (Å²) in [5.74, 6) is -0.192. The molecule has 4 heteroatoms. The van der Waals surface area contributed by atoms with Crippen LogP contribution in [-0.4, -0.2) is 13.1 Å². The van der Waals surface area contributed by atoms with E-state index in [1.165, 1.54) is 11.6 Å². The lowest BCUT2D eigenvalue weighted by molar-refractivity contribution is 0.625. The Morgan fingerprint density at radius 3 is 2.88 bits per heavy atom. The maximum absolute atomic E-state index is 12.8. The number of rotatable bonds is 5. The van der Waals surface area contributed by atoms with E-state index in [4.69, 9.17) is 23.2 Å². The zero-order chi connectivity index (χ0) is 12.0. The van der Waals surface area contributed by atoms with Crippen LogP contribution in [0.1, 0.15) is 11.1 Å². The molecule has 0 aromatic heterocycles. The van der Waals surface area contributed by atoms with Gasteiger partial charge in [0.2, 0.25) is 0 Å². The molecule has 16 heavy (non-hydrogen) atoms. The molecule has 1 rings (SSSR count). The van der Waals surface area contributed by atoms with Crippen molar-refractivity contribution in [1.29, 1.82) is 0 Å². The van der Waals surface area contributed by atoms with Gasteiger partial charge < -0.3 is 5.32 Å². The number of hydrogen-bond donors (Lipinski definition) is 1. The van der Waals surface area contributed by atoms with Gasteiger partial charge in [-0.2, -0.15) is 0 Å². The molecule has 0 unspecified atom stereocenters. The average molecular weight is 262 g/mol. The highest BCUT2D eigenvalue weighted by atomic mass is 35.5. The van der Waals surface area contributed by atoms with Crippen molar-refractivity contribution in [2.45, 2.75) is 13.3 Å². The second-order valence-electron chi connectivity index (χ2n) is 3.55. The predicted octanol–water partition coefficient (Wildman–Crippen LogP) is 3.59. The average Bonchev–Trinajstić information content (AvgIpc) is 2.26. The van der Waals surface area contributed by atoms with Crippen LogP contribution < -0.4 is 5.32 Å². The summed E-state index contributed by atoms with van der Waals surface area (Å²) in [4.78, 5) is 0. The minimum absolute atomic E-state index is 0.192. The SMILES string of the molecule is Cc1cc(F)ccc1CCNCC(Cl)=CCl. The van der Waals surface area contributed by atoms with Gasteiger partial charge in [0.25, 0.3) is 0 Å². The summed E-state index contributed by atoms with van der Waals surface area (Å²) in [5, 5.41) is 3.73. The first kappa shape index (κ1) is 13.5. The molecule has 1 aromatic carbocycles. The van der Waals surface area contributed by atoms with E-state index in [1.807, 2.05) is 13.0 Å². The van der Waals surface area contributed by atoms with E-state index in [0.717, 1.165) is 24.1 Å². The van der Waals surface area contributed by atoms with Gasteiger partial charge in [-0.3, -0.25) is 0 Å². The molecule has 1 nitrogen and oxygen atoms in total. The molecule has 0 heterocycles. The highest BCUT2D eigenvalue weighted by molar-refractivity contribution is 6.36. The largest absolute Gasteiger partial charge is 0.311 e. The third-order valence-corrected chi connectivity index (χ3v) is 2.91. The fraction of sp³-hybridized carbons (Fsp3) is 0.333. The van der Waals surface area contributed by atoms with Crippen molar-refractivity contribution in [2.75, 3.05) is 13.1 Å². The molecule has 1 aromatic rings. The lowest BCUT2D eigenvalue weighted by Crippen LogP contribution is -2.18. The van der Waals surface area contributed by atoms with Gasteiger partial charge >= 0.3 is 0 Å². The van der Waals surface area contributed by atoms with Crippen molar-refractivity contribution in [3.05, 3.63) is 45.7 Å². The van der Waals surface area contributed by atoms with E-state index in [0.29, 0.717) is 11.6 Å². The molecule has 0 amide bonds. The number of benzene rings is 1. The smallest absolute Gasteiger partial charge is 0.123 e. The normalized spacial score (nSPS) is 11.9. The maximum Gasteiger partial charge on any atom is 0.123 e. The van der Waals surface area contributed by atoms with Gasteiger partial charge in [-0.25, -0.2) is 4.39 Å². The van der Waals surface area contributed by atoms with Crippen molar-refractivity contribution in [1.82, 2.24) is 5.32 Å². The molecule has 0 saturated heterocycles. The van der Waals surface area contributed by atoms with Crippen molar-refractivity contribution < 1.29 is 4.39 Å². The summed E-state index contributed by atoms with van der Waals surface area (Å²) in [6.45, 7) is 3.25. The van der Waals surface area contributed by atoms with E-state index in [-0.39, 0.29) is 5.82 Å². The van der Waals surface area contributed by atoms with Crippen molar-refractivity contribution in [3.63, 3.8) is 0 Å². The summed E-state index contributed by atoms with van der Waals surface area (Å²) in [5.41, 5.74) is 3.46. The monoisotopic (exact) mass is 261 g/mol. The molecule has 1 N–H and O–H groups in total. The number of nitrogens with one attached hydrogen (secondary N) is 1. The predicted molar refractivity (Wildman–Crippen MR) is 67.5 cm³/mol. The van der Waals surface area contributed by atoms with E-state index in [1.54, 1.807) is 6.07 Å². The third kappa shape index (κ3) is 4.52. The van der Waals surface area contributed by atoms with E-state index >= 15 is 0 Å². The molecule has 0 spiro atoms. The molecule has 0 radical (unpaired) electrons. The second kappa shape index (κ2) is 6.89. The summed E-state index contributed by atoms with van der Waals surface area (Å²) < 4.78 is 12.8. The zero-order valence-electron chi connectivity index (χ0n) is 9.06. The van der Waals surface area contributed by atoms with Gasteiger partial charge in [-0.05, 0) is 43.1 Å². The van der Waals surface area contributed by atoms with Crippen molar-refractivity contribution in [3.8, 4) is 0 Å². The Morgan fingerprint density at radius 1 is 1.50 bits per heavy atom. The van der Waals surface area contributed by atoms with Gasteiger partial charge in [0.1, 0.15) is 5.82 Å². The lowest BCUT2D eigenvalue weighted by atomic mass is 10.1. The topological polar surface area (TPSA) is 12.0 Å². The maximum atomic E-state index is 12.8. The van der Waals surface area contributed by atoms with Crippen LogP contribution in [0.3, 0.4) is 0 Å². The molecule has 88 valence electrons. The van der Waals surface area contributed by atoms with Crippen LogP contribution >= 0.6 is 23.2 Å². The van der Waals surface area contributed by atoms with Crippen LogP contribution in [0.4, 0.5) is 4.39 Å². The van der Waals surface area contributed by atoms with Gasteiger partial charge in [0, 0.05) is 17.1 Å². The summed E-state index contributed by atoms with van der Waals surface area (Å²) >= 11 is 11.1. The molecule has 0 aliphatic carbocycles. The Hall–Kier alpha value is -0.570. The fourth-order valence-corrected chi connectivity index (χ4v) is 1.58. The molecule has 0 bridgehead atoms. The summed E-state index contributed by atoms with van der Waals surface area (Å²) in [6, 6.07) is 4.83. The third-order valence-electron chi connectivity index (χ3n) is 2.29. The van der Waals surface area contributed by atoms with Crippen LogP contribution in [0.15, 0.2) is 28.8 Å². The molecule has 0 atom stereocenters. The Bertz CT molecular complexity index is 377. The minimum atomic E-state index is -0.192. The van der Waals surface area contributed by atoms with E-state index in [9.17, 15) is 4.39 Å². The van der Waals surface area contributed by atoms with Gasteiger partial charge in [-0.15, -0.1) is 0 Å². The first-order chi connectivity index (χ1) is 7.63. The molecule has 0 aliphatic heterocycles. The molecule has 0 aliphatic rings. The number of aryl methyl sites for hydroxylation is 1. The minimum Gasteiger partial charge on any atom is -0.311 e. The van der Waals surface area contributed by atoms with Gasteiger partial charge in [0.05, 0.1) is 0 Å². The zero-order valence-corrected chi connectivity index (χ0v) is 10.6. The van der Waals surface area contributed by atoms with Crippen molar-refractivity contribution in [2.24, 2.45) is 0 Å². The lowest BCUT2D eigenvalue weighted by Gasteiger charge is -2.06. The van der Waals surface area contributed by atoms with Crippen molar-refractivity contribution >= 4 is 23.2 Å². The van der Waals surface area contributed by atoms with Crippen LogP contribution in [0.2, 0.25) is 0 Å². The van der Waals surface area contributed by atoms with Gasteiger partial charge in [0.15, 0.2) is 0 Å².